The van der Waals surface area contributed by atoms with Crippen molar-refractivity contribution in [3.05, 3.63) is 51.5 Å². The molecule has 2 rings (SSSR count). The number of hydrazine groups is 1. The molecule has 0 radical (unpaired) electrons. The maximum absolute atomic E-state index is 13.7. The third kappa shape index (κ3) is 3.70. The average molecular weight is 355 g/mol. The molecule has 1 aromatic carbocycles. The Morgan fingerprint density at radius 1 is 1.38 bits per heavy atom. The monoisotopic (exact) mass is 354 g/mol. The fourth-order valence-corrected chi connectivity index (χ4v) is 2.58. The van der Waals surface area contributed by atoms with Crippen molar-refractivity contribution in [3.63, 3.8) is 0 Å². The van der Waals surface area contributed by atoms with Gasteiger partial charge in [-0.15, -0.1) is 0 Å². The second-order valence-corrected chi connectivity index (χ2v) is 5.75. The van der Waals surface area contributed by atoms with Crippen LogP contribution in [0.1, 0.15) is 36.8 Å². The summed E-state index contributed by atoms with van der Waals surface area (Å²) in [5.74, 6) is 5.37. The van der Waals surface area contributed by atoms with Gasteiger partial charge in [-0.05, 0) is 53.0 Å². The normalized spacial score (nSPS) is 12.6. The molecule has 1 atom stereocenters. The van der Waals surface area contributed by atoms with E-state index in [0.717, 1.165) is 29.9 Å². The molecule has 4 nitrogen and oxygen atoms in total. The predicted molar refractivity (Wildman–Crippen MR) is 85.1 cm³/mol. The summed E-state index contributed by atoms with van der Waals surface area (Å²) >= 11 is 3.16. The molecular weight excluding hydrogens is 335 g/mol. The summed E-state index contributed by atoms with van der Waals surface area (Å²) in [5.41, 5.74) is 5.75. The Labute approximate surface area is 132 Å². The Hall–Kier alpha value is -1.24. The summed E-state index contributed by atoms with van der Waals surface area (Å²) in [4.78, 5) is 0. The number of rotatable bonds is 6. The van der Waals surface area contributed by atoms with Crippen LogP contribution in [0.5, 0.6) is 0 Å². The standard InChI is InChI=1S/C15H20BrFN4/c1-3-11-8-12(21(4-2)20-11)9-15(19-18)10-5-6-13(16)14(17)7-10/h5-8,15,19H,3-4,9,18H2,1-2H3. The highest BCUT2D eigenvalue weighted by atomic mass is 79.9. The molecule has 3 N–H and O–H groups in total. The van der Waals surface area contributed by atoms with Gasteiger partial charge in [0, 0.05) is 18.7 Å². The van der Waals surface area contributed by atoms with Crippen LogP contribution < -0.4 is 11.3 Å². The zero-order chi connectivity index (χ0) is 15.4. The predicted octanol–water partition coefficient (Wildman–Crippen LogP) is 3.11. The summed E-state index contributed by atoms with van der Waals surface area (Å²) in [7, 11) is 0. The van der Waals surface area contributed by atoms with Gasteiger partial charge in [0.15, 0.2) is 0 Å². The number of hydrogen-bond donors (Lipinski definition) is 2. The van der Waals surface area contributed by atoms with Crippen LogP contribution in [-0.4, -0.2) is 9.78 Å². The molecule has 114 valence electrons. The lowest BCUT2D eigenvalue weighted by Gasteiger charge is -2.17. The van der Waals surface area contributed by atoms with Crippen LogP contribution in [0.4, 0.5) is 4.39 Å². The van der Waals surface area contributed by atoms with E-state index in [-0.39, 0.29) is 11.9 Å². The van der Waals surface area contributed by atoms with E-state index in [2.05, 4.69) is 46.4 Å². The average Bonchev–Trinajstić information content (AvgIpc) is 2.90. The molecule has 0 saturated carbocycles. The Kier molecular flexibility index (Phi) is 5.50. The van der Waals surface area contributed by atoms with Crippen LogP contribution >= 0.6 is 15.9 Å². The van der Waals surface area contributed by atoms with E-state index in [9.17, 15) is 4.39 Å². The maximum atomic E-state index is 13.7. The van der Waals surface area contributed by atoms with Gasteiger partial charge < -0.3 is 0 Å². The second-order valence-electron chi connectivity index (χ2n) is 4.89. The smallest absolute Gasteiger partial charge is 0.137 e. The minimum absolute atomic E-state index is 0.153. The van der Waals surface area contributed by atoms with Gasteiger partial charge in [-0.1, -0.05) is 13.0 Å². The fraction of sp³-hybridized carbons (Fsp3) is 0.400. The lowest BCUT2D eigenvalue weighted by molar-refractivity contribution is 0.512. The van der Waals surface area contributed by atoms with Crippen molar-refractivity contribution < 1.29 is 4.39 Å². The van der Waals surface area contributed by atoms with Crippen LogP contribution in [0.3, 0.4) is 0 Å². The van der Waals surface area contributed by atoms with E-state index in [4.69, 9.17) is 5.84 Å². The molecule has 0 saturated heterocycles. The number of aromatic nitrogens is 2. The highest BCUT2D eigenvalue weighted by Crippen LogP contribution is 2.23. The van der Waals surface area contributed by atoms with Gasteiger partial charge in [0.1, 0.15) is 5.82 Å². The zero-order valence-corrected chi connectivity index (χ0v) is 13.8. The first-order valence-corrected chi connectivity index (χ1v) is 7.85. The topological polar surface area (TPSA) is 55.9 Å². The largest absolute Gasteiger partial charge is 0.271 e. The van der Waals surface area contributed by atoms with Crippen molar-refractivity contribution in [2.45, 2.75) is 39.3 Å². The Bertz CT molecular complexity index is 612. The fourth-order valence-electron chi connectivity index (χ4n) is 2.34. The summed E-state index contributed by atoms with van der Waals surface area (Å²) in [6, 6.07) is 7.00. The van der Waals surface area contributed by atoms with Gasteiger partial charge in [0.2, 0.25) is 0 Å². The third-order valence-electron chi connectivity index (χ3n) is 3.54. The number of aryl methyl sites for hydroxylation is 2. The molecule has 21 heavy (non-hydrogen) atoms. The van der Waals surface area contributed by atoms with Crippen molar-refractivity contribution in [1.29, 1.82) is 0 Å². The van der Waals surface area contributed by atoms with E-state index in [1.165, 1.54) is 6.07 Å². The molecule has 0 aliphatic heterocycles. The summed E-state index contributed by atoms with van der Waals surface area (Å²) < 4.78 is 16.1. The van der Waals surface area contributed by atoms with Crippen molar-refractivity contribution in [2.75, 3.05) is 0 Å². The highest BCUT2D eigenvalue weighted by Gasteiger charge is 2.16. The lowest BCUT2D eigenvalue weighted by Crippen LogP contribution is -2.30. The first kappa shape index (κ1) is 16.1. The number of nitrogens with two attached hydrogens (primary N) is 1. The van der Waals surface area contributed by atoms with E-state index in [1.54, 1.807) is 6.07 Å². The van der Waals surface area contributed by atoms with E-state index >= 15 is 0 Å². The Morgan fingerprint density at radius 2 is 2.14 bits per heavy atom. The molecule has 1 heterocycles. The number of halogens is 2. The Morgan fingerprint density at radius 3 is 2.71 bits per heavy atom. The van der Waals surface area contributed by atoms with Gasteiger partial charge in [0.25, 0.3) is 0 Å². The molecule has 6 heteroatoms. The summed E-state index contributed by atoms with van der Waals surface area (Å²) in [6.07, 6.45) is 1.56. The molecule has 0 amide bonds. The highest BCUT2D eigenvalue weighted by molar-refractivity contribution is 9.10. The molecule has 2 aromatic rings. The molecule has 0 spiro atoms. The van der Waals surface area contributed by atoms with Crippen LogP contribution in [0, 0.1) is 5.82 Å². The molecule has 0 aliphatic carbocycles. The van der Waals surface area contributed by atoms with Gasteiger partial charge in [0.05, 0.1) is 16.2 Å². The van der Waals surface area contributed by atoms with Crippen molar-refractivity contribution in [3.8, 4) is 0 Å². The van der Waals surface area contributed by atoms with Gasteiger partial charge in [-0.2, -0.15) is 5.10 Å². The molecule has 1 aromatic heterocycles. The van der Waals surface area contributed by atoms with Crippen LogP contribution in [0.25, 0.3) is 0 Å². The number of hydrogen-bond acceptors (Lipinski definition) is 3. The van der Waals surface area contributed by atoms with Crippen LogP contribution in [0.15, 0.2) is 28.7 Å². The van der Waals surface area contributed by atoms with Crippen molar-refractivity contribution >= 4 is 15.9 Å². The van der Waals surface area contributed by atoms with E-state index in [0.29, 0.717) is 10.9 Å². The van der Waals surface area contributed by atoms with Crippen LogP contribution in [0.2, 0.25) is 0 Å². The van der Waals surface area contributed by atoms with Crippen molar-refractivity contribution in [2.24, 2.45) is 5.84 Å². The summed E-state index contributed by atoms with van der Waals surface area (Å²) in [6.45, 7) is 4.94. The zero-order valence-electron chi connectivity index (χ0n) is 12.2. The molecular formula is C15H20BrFN4. The molecule has 1 unspecified atom stereocenters. The summed E-state index contributed by atoms with van der Waals surface area (Å²) in [5, 5.41) is 4.53. The van der Waals surface area contributed by atoms with Gasteiger partial charge in [-0.25, -0.2) is 4.39 Å². The first-order chi connectivity index (χ1) is 10.1. The van der Waals surface area contributed by atoms with E-state index < -0.39 is 0 Å². The minimum Gasteiger partial charge on any atom is -0.271 e. The number of nitrogens with one attached hydrogen (secondary N) is 1. The maximum Gasteiger partial charge on any atom is 0.137 e. The number of benzene rings is 1. The van der Waals surface area contributed by atoms with Crippen molar-refractivity contribution in [1.82, 2.24) is 15.2 Å². The van der Waals surface area contributed by atoms with E-state index in [1.807, 2.05) is 10.7 Å². The Balaban J connectivity index is 2.26. The quantitative estimate of drug-likeness (QED) is 0.618. The molecule has 0 fully saturated rings. The minimum atomic E-state index is -0.286. The first-order valence-electron chi connectivity index (χ1n) is 7.05. The molecule has 0 bridgehead atoms. The molecule has 0 aliphatic rings. The third-order valence-corrected chi connectivity index (χ3v) is 4.18. The number of nitrogens with zero attached hydrogens (tertiary/aromatic N) is 2. The SMILES string of the molecule is CCc1cc(CC(NN)c2ccc(Br)c(F)c2)n(CC)n1. The van der Waals surface area contributed by atoms with Crippen LogP contribution in [-0.2, 0) is 19.4 Å². The second kappa shape index (κ2) is 7.15. The lowest BCUT2D eigenvalue weighted by atomic mass is 10.0. The van der Waals surface area contributed by atoms with Gasteiger partial charge >= 0.3 is 0 Å². The van der Waals surface area contributed by atoms with Gasteiger partial charge in [-0.3, -0.25) is 16.0 Å².